The number of carbonyl (C=O) groups is 2. The average Bonchev–Trinajstić information content (AvgIpc) is 3.24. The molecule has 2 heterocycles. The third kappa shape index (κ3) is 5.13. The van der Waals surface area contributed by atoms with Crippen LogP contribution in [0.5, 0.6) is 5.75 Å². The molecule has 1 fully saturated rings. The summed E-state index contributed by atoms with van der Waals surface area (Å²) in [4.78, 5) is 25.0. The van der Waals surface area contributed by atoms with Crippen LogP contribution in [0, 0.1) is 6.92 Å². The molecule has 1 saturated heterocycles. The summed E-state index contributed by atoms with van der Waals surface area (Å²) in [5, 5.41) is 3.05. The summed E-state index contributed by atoms with van der Waals surface area (Å²) in [7, 11) is 0. The van der Waals surface area contributed by atoms with Gasteiger partial charge in [-0.1, -0.05) is 0 Å². The lowest BCUT2D eigenvalue weighted by atomic mass is 10.0. The van der Waals surface area contributed by atoms with Crippen molar-refractivity contribution in [3.05, 3.63) is 53.5 Å². The third-order valence-corrected chi connectivity index (χ3v) is 4.94. The van der Waals surface area contributed by atoms with Gasteiger partial charge in [-0.15, -0.1) is 0 Å². The number of likely N-dealkylation sites (tertiary alicyclic amines) is 1. The number of nitrogens with zero attached hydrogens (tertiary/aromatic N) is 1. The van der Waals surface area contributed by atoms with Crippen LogP contribution in [-0.2, 0) is 4.79 Å². The maximum atomic E-state index is 11.6. The Bertz CT molecular complexity index is 815. The predicted molar refractivity (Wildman–Crippen MR) is 105 cm³/mol. The van der Waals surface area contributed by atoms with Crippen molar-refractivity contribution in [1.29, 1.82) is 0 Å². The molecule has 0 unspecified atom stereocenters. The fraction of sp³-hybridized carbons (Fsp3) is 0.429. The molecule has 2 amide bonds. The number of aryl methyl sites for hydroxylation is 1. The Morgan fingerprint density at radius 2 is 1.96 bits per heavy atom. The summed E-state index contributed by atoms with van der Waals surface area (Å²) in [5.41, 5.74) is 5.70. The Hall–Kier alpha value is -2.80. The molecule has 2 atom stereocenters. The van der Waals surface area contributed by atoms with Gasteiger partial charge in [-0.05, 0) is 49.7 Å². The number of rotatable bonds is 8. The molecule has 0 aliphatic carbocycles. The Balaban J connectivity index is 1.49. The van der Waals surface area contributed by atoms with E-state index in [2.05, 4.69) is 10.2 Å². The van der Waals surface area contributed by atoms with Crippen LogP contribution in [0.15, 0.2) is 40.8 Å². The standard InChI is InChI=1S/C21H27N3O4/c1-14-4-9-20(28-14)18-12-24(13-19(18)23-15(2)25)10-3-11-27-17-7-5-16(6-8-17)21(22)26/h4-9,18-19H,3,10-13H2,1-2H3,(H2,22,26)(H,23,25)/t18-,19-/m1/s1. The number of furan rings is 1. The van der Waals surface area contributed by atoms with Gasteiger partial charge in [-0.25, -0.2) is 0 Å². The molecule has 2 aromatic rings. The molecular weight excluding hydrogens is 358 g/mol. The van der Waals surface area contributed by atoms with Gasteiger partial charge in [-0.3, -0.25) is 9.59 Å². The molecule has 3 rings (SSSR count). The second-order valence-electron chi connectivity index (χ2n) is 7.21. The topological polar surface area (TPSA) is 97.8 Å². The quantitative estimate of drug-likeness (QED) is 0.678. The predicted octanol–water partition coefficient (Wildman–Crippen LogP) is 2.06. The zero-order chi connectivity index (χ0) is 20.1. The molecular formula is C21H27N3O4. The van der Waals surface area contributed by atoms with Crippen LogP contribution in [0.3, 0.4) is 0 Å². The zero-order valence-corrected chi connectivity index (χ0v) is 16.3. The molecule has 1 aliphatic heterocycles. The summed E-state index contributed by atoms with van der Waals surface area (Å²) in [5.74, 6) is 2.19. The van der Waals surface area contributed by atoms with Crippen molar-refractivity contribution in [3.8, 4) is 5.75 Å². The number of primary amides is 1. The third-order valence-electron chi connectivity index (χ3n) is 4.94. The number of ether oxygens (including phenoxy) is 1. The largest absolute Gasteiger partial charge is 0.494 e. The van der Waals surface area contributed by atoms with Crippen molar-refractivity contribution in [2.24, 2.45) is 5.73 Å². The van der Waals surface area contributed by atoms with Crippen LogP contribution in [0.1, 0.15) is 41.1 Å². The van der Waals surface area contributed by atoms with Gasteiger partial charge in [-0.2, -0.15) is 0 Å². The molecule has 7 nitrogen and oxygen atoms in total. The second-order valence-corrected chi connectivity index (χ2v) is 7.21. The highest BCUT2D eigenvalue weighted by Crippen LogP contribution is 2.29. The van der Waals surface area contributed by atoms with Crippen molar-refractivity contribution < 1.29 is 18.7 Å². The first-order valence-corrected chi connectivity index (χ1v) is 9.51. The monoisotopic (exact) mass is 385 g/mol. The highest BCUT2D eigenvalue weighted by atomic mass is 16.5. The van der Waals surface area contributed by atoms with E-state index in [1.807, 2.05) is 19.1 Å². The number of hydrogen-bond acceptors (Lipinski definition) is 5. The Morgan fingerprint density at radius 1 is 1.21 bits per heavy atom. The van der Waals surface area contributed by atoms with Crippen LogP contribution in [0.2, 0.25) is 0 Å². The van der Waals surface area contributed by atoms with E-state index in [4.69, 9.17) is 14.9 Å². The van der Waals surface area contributed by atoms with Crippen molar-refractivity contribution in [3.63, 3.8) is 0 Å². The molecule has 150 valence electrons. The van der Waals surface area contributed by atoms with Crippen LogP contribution in [-0.4, -0.2) is 49.0 Å². The second kappa shape index (κ2) is 8.93. The van der Waals surface area contributed by atoms with Gasteiger partial charge in [0.25, 0.3) is 0 Å². The molecule has 1 aromatic heterocycles. The number of nitrogens with two attached hydrogens (primary N) is 1. The Morgan fingerprint density at radius 3 is 2.57 bits per heavy atom. The SMILES string of the molecule is CC(=O)N[C@@H]1CN(CCCOc2ccc(C(N)=O)cc2)C[C@H]1c1ccc(C)o1. The molecule has 0 spiro atoms. The Labute approximate surface area is 164 Å². The molecule has 1 aromatic carbocycles. The van der Waals surface area contributed by atoms with Gasteiger partial charge in [0.15, 0.2) is 0 Å². The van der Waals surface area contributed by atoms with Crippen LogP contribution >= 0.6 is 0 Å². The van der Waals surface area contributed by atoms with E-state index in [1.54, 1.807) is 31.2 Å². The minimum atomic E-state index is -0.449. The first-order chi connectivity index (χ1) is 13.4. The number of nitrogens with one attached hydrogen (secondary N) is 1. The molecule has 0 radical (unpaired) electrons. The summed E-state index contributed by atoms with van der Waals surface area (Å²) in [6.45, 7) is 6.54. The van der Waals surface area contributed by atoms with E-state index in [0.29, 0.717) is 17.9 Å². The van der Waals surface area contributed by atoms with Gasteiger partial charge in [0.2, 0.25) is 11.8 Å². The lowest BCUT2D eigenvalue weighted by molar-refractivity contribution is -0.119. The maximum Gasteiger partial charge on any atom is 0.248 e. The van der Waals surface area contributed by atoms with Crippen LogP contribution in [0.4, 0.5) is 0 Å². The highest BCUT2D eigenvalue weighted by molar-refractivity contribution is 5.92. The molecule has 1 aliphatic rings. The smallest absolute Gasteiger partial charge is 0.248 e. The fourth-order valence-electron chi connectivity index (χ4n) is 3.61. The summed E-state index contributed by atoms with van der Waals surface area (Å²) in [6.07, 6.45) is 0.855. The molecule has 28 heavy (non-hydrogen) atoms. The molecule has 7 heteroatoms. The first-order valence-electron chi connectivity index (χ1n) is 9.51. The zero-order valence-electron chi connectivity index (χ0n) is 16.3. The average molecular weight is 385 g/mol. The number of hydrogen-bond donors (Lipinski definition) is 2. The van der Waals surface area contributed by atoms with Crippen molar-refractivity contribution in [2.45, 2.75) is 32.2 Å². The van der Waals surface area contributed by atoms with Crippen LogP contribution in [0.25, 0.3) is 0 Å². The molecule has 3 N–H and O–H groups in total. The van der Waals surface area contributed by atoms with Gasteiger partial charge < -0.3 is 25.1 Å². The fourth-order valence-corrected chi connectivity index (χ4v) is 3.61. The highest BCUT2D eigenvalue weighted by Gasteiger charge is 2.35. The first kappa shape index (κ1) is 19.9. The van der Waals surface area contributed by atoms with E-state index in [0.717, 1.165) is 37.6 Å². The minimum absolute atomic E-state index is 0.0251. The van der Waals surface area contributed by atoms with E-state index in [-0.39, 0.29) is 17.9 Å². The van der Waals surface area contributed by atoms with E-state index in [1.165, 1.54) is 0 Å². The number of benzene rings is 1. The van der Waals surface area contributed by atoms with E-state index >= 15 is 0 Å². The van der Waals surface area contributed by atoms with Gasteiger partial charge in [0, 0.05) is 32.1 Å². The molecule has 0 bridgehead atoms. The van der Waals surface area contributed by atoms with Crippen molar-refractivity contribution >= 4 is 11.8 Å². The van der Waals surface area contributed by atoms with Gasteiger partial charge >= 0.3 is 0 Å². The number of carbonyl (C=O) groups excluding carboxylic acids is 2. The van der Waals surface area contributed by atoms with Crippen LogP contribution < -0.4 is 15.8 Å². The minimum Gasteiger partial charge on any atom is -0.494 e. The van der Waals surface area contributed by atoms with Gasteiger partial charge in [0.05, 0.1) is 18.6 Å². The van der Waals surface area contributed by atoms with E-state index in [9.17, 15) is 9.59 Å². The molecule has 0 saturated carbocycles. The lowest BCUT2D eigenvalue weighted by Crippen LogP contribution is -2.38. The summed E-state index contributed by atoms with van der Waals surface area (Å²) in [6, 6.07) is 10.8. The van der Waals surface area contributed by atoms with Crippen molar-refractivity contribution in [1.82, 2.24) is 10.2 Å². The maximum absolute atomic E-state index is 11.6. The van der Waals surface area contributed by atoms with Crippen molar-refractivity contribution in [2.75, 3.05) is 26.2 Å². The van der Waals surface area contributed by atoms with Gasteiger partial charge in [0.1, 0.15) is 17.3 Å². The summed E-state index contributed by atoms with van der Waals surface area (Å²) < 4.78 is 11.5. The Kier molecular flexibility index (Phi) is 6.36. The number of amides is 2. The summed E-state index contributed by atoms with van der Waals surface area (Å²) >= 11 is 0. The normalized spacial score (nSPS) is 19.5. The van der Waals surface area contributed by atoms with E-state index < -0.39 is 5.91 Å². The lowest BCUT2D eigenvalue weighted by Gasteiger charge is -2.17.